The van der Waals surface area contributed by atoms with E-state index in [1.807, 2.05) is 0 Å². The SMILES string of the molecule is CCCCc1ccc(-c2c(F)c(F)c(N=C=S)c(F)c2F)cc1. The third-order valence-corrected chi connectivity index (χ3v) is 3.55. The largest absolute Gasteiger partial charge is 0.203 e. The maximum Gasteiger partial charge on any atom is 0.189 e. The summed E-state index contributed by atoms with van der Waals surface area (Å²) in [4.78, 5) is 3.04. The third-order valence-electron chi connectivity index (χ3n) is 3.46. The lowest BCUT2D eigenvalue weighted by atomic mass is 10.00. The highest BCUT2D eigenvalue weighted by atomic mass is 32.1. The van der Waals surface area contributed by atoms with Crippen LogP contribution in [0.4, 0.5) is 23.2 Å². The van der Waals surface area contributed by atoms with E-state index in [1.165, 1.54) is 12.1 Å². The Bertz CT molecular complexity index is 736. The highest BCUT2D eigenvalue weighted by Crippen LogP contribution is 2.35. The molecule has 0 N–H and O–H groups in total. The lowest BCUT2D eigenvalue weighted by molar-refractivity contribution is 0.462. The highest BCUT2D eigenvalue weighted by Gasteiger charge is 2.26. The normalized spacial score (nSPS) is 10.5. The molecule has 23 heavy (non-hydrogen) atoms. The van der Waals surface area contributed by atoms with E-state index in [2.05, 4.69) is 24.1 Å². The molecule has 0 saturated carbocycles. The van der Waals surface area contributed by atoms with Crippen molar-refractivity contribution in [3.8, 4) is 11.1 Å². The second-order valence-corrected chi connectivity index (χ2v) is 5.17. The van der Waals surface area contributed by atoms with E-state index in [0.717, 1.165) is 24.8 Å². The van der Waals surface area contributed by atoms with Gasteiger partial charge in [0.2, 0.25) is 0 Å². The Balaban J connectivity index is 2.53. The minimum absolute atomic E-state index is 0.0518. The van der Waals surface area contributed by atoms with Gasteiger partial charge in [0, 0.05) is 0 Å². The van der Waals surface area contributed by atoms with Crippen LogP contribution >= 0.6 is 12.2 Å². The molecule has 0 radical (unpaired) electrons. The van der Waals surface area contributed by atoms with Crippen molar-refractivity contribution in [1.29, 1.82) is 0 Å². The zero-order valence-corrected chi connectivity index (χ0v) is 13.1. The maximum absolute atomic E-state index is 14.1. The average molecular weight is 339 g/mol. The van der Waals surface area contributed by atoms with Crippen molar-refractivity contribution in [2.75, 3.05) is 0 Å². The summed E-state index contributed by atoms with van der Waals surface area (Å²) in [6.07, 6.45) is 2.83. The number of benzene rings is 2. The number of halogens is 4. The van der Waals surface area contributed by atoms with Gasteiger partial charge in [-0.15, -0.1) is 0 Å². The van der Waals surface area contributed by atoms with Crippen LogP contribution in [0.25, 0.3) is 11.1 Å². The summed E-state index contributed by atoms with van der Waals surface area (Å²) in [6.45, 7) is 2.05. The molecule has 6 heteroatoms. The van der Waals surface area contributed by atoms with Gasteiger partial charge >= 0.3 is 0 Å². The molecule has 0 fully saturated rings. The van der Waals surface area contributed by atoms with E-state index in [1.54, 1.807) is 17.3 Å². The van der Waals surface area contributed by atoms with Crippen LogP contribution in [0.15, 0.2) is 29.3 Å². The fourth-order valence-electron chi connectivity index (χ4n) is 2.24. The number of aryl methyl sites for hydroxylation is 1. The molecule has 0 unspecified atom stereocenters. The molecule has 0 atom stereocenters. The quantitative estimate of drug-likeness (QED) is 0.282. The standard InChI is InChI=1S/C17H13F4NS/c1-2-3-4-10-5-7-11(8-6-10)12-13(18)15(20)17(22-9-23)16(21)14(12)19/h5-8H,2-4H2,1H3. The van der Waals surface area contributed by atoms with Crippen molar-refractivity contribution in [3.05, 3.63) is 53.1 Å². The third kappa shape index (κ3) is 3.49. The average Bonchev–Trinajstić information content (AvgIpc) is 2.56. The second-order valence-electron chi connectivity index (χ2n) is 4.98. The molecule has 2 aromatic rings. The van der Waals surface area contributed by atoms with Crippen molar-refractivity contribution in [2.45, 2.75) is 26.2 Å². The first-order chi connectivity index (χ1) is 11.0. The van der Waals surface area contributed by atoms with Crippen molar-refractivity contribution >= 4 is 23.1 Å². The van der Waals surface area contributed by atoms with Gasteiger partial charge in [-0.2, -0.15) is 4.99 Å². The maximum atomic E-state index is 14.1. The Morgan fingerprint density at radius 1 is 0.957 bits per heavy atom. The van der Waals surface area contributed by atoms with E-state index in [-0.39, 0.29) is 5.56 Å². The van der Waals surface area contributed by atoms with Crippen LogP contribution in [0, 0.1) is 23.3 Å². The Morgan fingerprint density at radius 2 is 1.52 bits per heavy atom. The van der Waals surface area contributed by atoms with Crippen molar-refractivity contribution < 1.29 is 17.6 Å². The molecule has 0 heterocycles. The molecule has 0 amide bonds. The molecule has 0 spiro atoms. The molecule has 2 aromatic carbocycles. The van der Waals surface area contributed by atoms with Gasteiger partial charge in [0.25, 0.3) is 0 Å². The molecule has 1 nitrogen and oxygen atoms in total. The lowest BCUT2D eigenvalue weighted by Gasteiger charge is -2.10. The van der Waals surface area contributed by atoms with E-state index in [9.17, 15) is 17.6 Å². The fraction of sp³-hybridized carbons (Fsp3) is 0.235. The van der Waals surface area contributed by atoms with Gasteiger partial charge in [-0.05, 0) is 36.2 Å². The zero-order valence-electron chi connectivity index (χ0n) is 12.3. The first-order valence-corrected chi connectivity index (χ1v) is 7.45. The van der Waals surface area contributed by atoms with Crippen molar-refractivity contribution in [3.63, 3.8) is 0 Å². The highest BCUT2D eigenvalue weighted by molar-refractivity contribution is 7.78. The predicted molar refractivity (Wildman–Crippen MR) is 85.0 cm³/mol. The molecule has 2 rings (SSSR count). The molecule has 120 valence electrons. The molecule has 0 aromatic heterocycles. The number of hydrogen-bond donors (Lipinski definition) is 0. The Kier molecular flexibility index (Phi) is 5.64. The lowest BCUT2D eigenvalue weighted by Crippen LogP contribution is -2.00. The summed E-state index contributed by atoms with van der Waals surface area (Å²) in [6, 6.07) is 6.24. The summed E-state index contributed by atoms with van der Waals surface area (Å²) >= 11 is 4.22. The van der Waals surface area contributed by atoms with Crippen LogP contribution in [0.2, 0.25) is 0 Å². The predicted octanol–water partition coefficient (Wildman–Crippen LogP) is 5.99. The fourth-order valence-corrected chi connectivity index (χ4v) is 2.33. The van der Waals surface area contributed by atoms with Crippen molar-refractivity contribution in [1.82, 2.24) is 0 Å². The number of aliphatic imine (C=N–C) groups is 1. The summed E-state index contributed by atoms with van der Waals surface area (Å²) in [5.74, 6) is -6.19. The minimum Gasteiger partial charge on any atom is -0.203 e. The molecule has 0 saturated heterocycles. The van der Waals surface area contributed by atoms with Crippen LogP contribution < -0.4 is 0 Å². The second kappa shape index (κ2) is 7.49. The molecule has 0 aliphatic heterocycles. The van der Waals surface area contributed by atoms with Gasteiger partial charge < -0.3 is 0 Å². The molecule has 0 aliphatic carbocycles. The van der Waals surface area contributed by atoms with Gasteiger partial charge in [0.1, 0.15) is 0 Å². The number of hydrogen-bond acceptors (Lipinski definition) is 2. The monoisotopic (exact) mass is 339 g/mol. The van der Waals surface area contributed by atoms with E-state index < -0.39 is 34.5 Å². The number of unbranched alkanes of at least 4 members (excludes halogenated alkanes) is 1. The molecule has 0 aliphatic rings. The van der Waals surface area contributed by atoms with Crippen LogP contribution in [-0.4, -0.2) is 5.16 Å². The smallest absolute Gasteiger partial charge is 0.189 e. The van der Waals surface area contributed by atoms with Crippen LogP contribution in [0.5, 0.6) is 0 Å². The van der Waals surface area contributed by atoms with Crippen LogP contribution in [-0.2, 0) is 6.42 Å². The Hall–Kier alpha value is -2.04. The molecular weight excluding hydrogens is 326 g/mol. The molecule has 0 bridgehead atoms. The first-order valence-electron chi connectivity index (χ1n) is 7.04. The van der Waals surface area contributed by atoms with E-state index in [4.69, 9.17) is 0 Å². The van der Waals surface area contributed by atoms with Gasteiger partial charge in [0.15, 0.2) is 29.0 Å². The number of nitrogens with zero attached hydrogens (tertiary/aromatic N) is 1. The summed E-state index contributed by atoms with van der Waals surface area (Å²) in [5, 5.41) is 1.70. The minimum atomic E-state index is -1.59. The molecular formula is C17H13F4NS. The number of isothiocyanates is 1. The summed E-state index contributed by atoms with van der Waals surface area (Å²) < 4.78 is 55.9. The zero-order chi connectivity index (χ0) is 17.0. The van der Waals surface area contributed by atoms with Gasteiger partial charge in [-0.3, -0.25) is 0 Å². The van der Waals surface area contributed by atoms with E-state index in [0.29, 0.717) is 0 Å². The van der Waals surface area contributed by atoms with Crippen LogP contribution in [0.1, 0.15) is 25.3 Å². The first kappa shape index (κ1) is 17.3. The van der Waals surface area contributed by atoms with Gasteiger partial charge in [0.05, 0.1) is 10.7 Å². The van der Waals surface area contributed by atoms with E-state index >= 15 is 0 Å². The van der Waals surface area contributed by atoms with Crippen molar-refractivity contribution in [2.24, 2.45) is 4.99 Å². The summed E-state index contributed by atoms with van der Waals surface area (Å²) in [7, 11) is 0. The van der Waals surface area contributed by atoms with Gasteiger partial charge in [-0.1, -0.05) is 37.6 Å². The topological polar surface area (TPSA) is 12.4 Å². The number of thiocarbonyl (C=S) groups is 1. The van der Waals surface area contributed by atoms with Gasteiger partial charge in [-0.25, -0.2) is 17.6 Å². The summed E-state index contributed by atoms with van der Waals surface area (Å²) in [5.41, 5.74) is -0.834. The number of rotatable bonds is 5. The Morgan fingerprint density at radius 3 is 2.00 bits per heavy atom. The van der Waals surface area contributed by atoms with Crippen LogP contribution in [0.3, 0.4) is 0 Å². The Labute approximate surface area is 136 Å².